The lowest BCUT2D eigenvalue weighted by Gasteiger charge is -2.13. The molecule has 152 valence electrons. The molecule has 0 saturated carbocycles. The van der Waals surface area contributed by atoms with Gasteiger partial charge in [-0.25, -0.2) is 18.1 Å². The molecule has 2 aromatic rings. The average molecular weight is 403 g/mol. The Balaban J connectivity index is 2.05. The van der Waals surface area contributed by atoms with Crippen molar-refractivity contribution in [1.29, 1.82) is 0 Å². The number of hydrogen-bond acceptors (Lipinski definition) is 3. The van der Waals surface area contributed by atoms with Crippen molar-refractivity contribution in [1.82, 2.24) is 15.4 Å². The smallest absolute Gasteiger partial charge is 0.215 e. The van der Waals surface area contributed by atoms with E-state index in [2.05, 4.69) is 52.4 Å². The Bertz CT molecular complexity index is 924. The van der Waals surface area contributed by atoms with Crippen LogP contribution in [0.1, 0.15) is 34.7 Å². The molecule has 0 radical (unpaired) electrons. The zero-order valence-corrected chi connectivity index (χ0v) is 17.9. The molecule has 0 aliphatic carbocycles. The molecule has 0 aromatic heterocycles. The molecule has 2 rings (SSSR count). The summed E-state index contributed by atoms with van der Waals surface area (Å²) in [4.78, 5) is 4.63. The maximum atomic E-state index is 11.7. The number of rotatable bonds is 8. The van der Waals surface area contributed by atoms with Crippen molar-refractivity contribution in [3.8, 4) is 0 Å². The fourth-order valence-corrected chi connectivity index (χ4v) is 3.61. The standard InChI is InChI=1S/C21H30N4O2S/c1-5-23-21(25-14-20-10-9-16(2)11-17(20)3)24-13-18-7-6-8-19(12-18)15-28(26,27)22-4/h6-12,22H,5,13-15H2,1-4H3,(H2,23,24,25). The first-order valence-corrected chi connectivity index (χ1v) is 11.1. The molecular weight excluding hydrogens is 372 g/mol. The molecule has 0 fully saturated rings. The molecule has 0 amide bonds. The molecule has 6 nitrogen and oxygen atoms in total. The SMILES string of the molecule is CCNC(=NCc1cccc(CS(=O)(=O)NC)c1)NCc1ccc(C)cc1C. The average Bonchev–Trinajstić information content (AvgIpc) is 2.65. The summed E-state index contributed by atoms with van der Waals surface area (Å²) in [6, 6.07) is 13.9. The quantitative estimate of drug-likeness (QED) is 0.468. The predicted molar refractivity (Wildman–Crippen MR) is 116 cm³/mol. The Hall–Kier alpha value is -2.38. The number of nitrogens with one attached hydrogen (secondary N) is 3. The normalized spacial score (nSPS) is 12.1. The monoisotopic (exact) mass is 402 g/mol. The number of nitrogens with zero attached hydrogens (tertiary/aromatic N) is 1. The highest BCUT2D eigenvalue weighted by atomic mass is 32.2. The zero-order chi connectivity index (χ0) is 20.6. The van der Waals surface area contributed by atoms with Crippen molar-refractivity contribution in [3.63, 3.8) is 0 Å². The van der Waals surface area contributed by atoms with Crippen LogP contribution in [-0.2, 0) is 28.9 Å². The molecule has 0 unspecified atom stereocenters. The molecule has 0 heterocycles. The Morgan fingerprint density at radius 3 is 2.46 bits per heavy atom. The maximum absolute atomic E-state index is 11.7. The van der Waals surface area contributed by atoms with Crippen LogP contribution in [0.2, 0.25) is 0 Å². The summed E-state index contributed by atoms with van der Waals surface area (Å²) in [5, 5.41) is 6.61. The number of hydrogen-bond donors (Lipinski definition) is 3. The third-order valence-corrected chi connectivity index (χ3v) is 5.70. The van der Waals surface area contributed by atoms with Crippen LogP contribution in [0, 0.1) is 13.8 Å². The van der Waals surface area contributed by atoms with Gasteiger partial charge in [-0.3, -0.25) is 0 Å². The Morgan fingerprint density at radius 1 is 1.04 bits per heavy atom. The Labute approximate surface area is 168 Å². The molecule has 2 aromatic carbocycles. The minimum absolute atomic E-state index is 0.0356. The minimum atomic E-state index is -3.29. The molecule has 3 N–H and O–H groups in total. The Kier molecular flexibility index (Phi) is 8.02. The van der Waals surface area contributed by atoms with E-state index in [0.29, 0.717) is 13.1 Å². The number of aryl methyl sites for hydroxylation is 2. The molecule has 28 heavy (non-hydrogen) atoms. The molecule has 0 aliphatic rings. The van der Waals surface area contributed by atoms with Crippen LogP contribution in [0.5, 0.6) is 0 Å². The first-order chi connectivity index (χ1) is 13.3. The van der Waals surface area contributed by atoms with Crippen LogP contribution >= 0.6 is 0 Å². The van der Waals surface area contributed by atoms with E-state index in [1.165, 1.54) is 23.7 Å². The molecular formula is C21H30N4O2S. The maximum Gasteiger partial charge on any atom is 0.215 e. The lowest BCUT2D eigenvalue weighted by Crippen LogP contribution is -2.36. The summed E-state index contributed by atoms with van der Waals surface area (Å²) in [5.74, 6) is 0.697. The number of guanidine groups is 1. The number of benzene rings is 2. The van der Waals surface area contributed by atoms with E-state index in [9.17, 15) is 8.42 Å². The van der Waals surface area contributed by atoms with Gasteiger partial charge in [-0.05, 0) is 50.1 Å². The highest BCUT2D eigenvalue weighted by Crippen LogP contribution is 2.11. The predicted octanol–water partition coefficient (Wildman–Crippen LogP) is 2.61. The molecule has 0 aliphatic heterocycles. The van der Waals surface area contributed by atoms with E-state index in [4.69, 9.17) is 0 Å². The lowest BCUT2D eigenvalue weighted by atomic mass is 10.1. The third kappa shape index (κ3) is 6.98. The van der Waals surface area contributed by atoms with E-state index in [-0.39, 0.29) is 5.75 Å². The second-order valence-electron chi connectivity index (χ2n) is 6.76. The van der Waals surface area contributed by atoms with E-state index >= 15 is 0 Å². The van der Waals surface area contributed by atoms with E-state index in [1.807, 2.05) is 31.2 Å². The Morgan fingerprint density at radius 2 is 1.79 bits per heavy atom. The summed E-state index contributed by atoms with van der Waals surface area (Å²) in [6.45, 7) is 8.15. The topological polar surface area (TPSA) is 82.6 Å². The van der Waals surface area contributed by atoms with Gasteiger partial charge in [0, 0.05) is 13.1 Å². The summed E-state index contributed by atoms with van der Waals surface area (Å²) >= 11 is 0. The van der Waals surface area contributed by atoms with Crippen molar-refractivity contribution in [2.24, 2.45) is 4.99 Å². The van der Waals surface area contributed by atoms with Crippen molar-refractivity contribution in [3.05, 3.63) is 70.3 Å². The number of aliphatic imine (C=N–C) groups is 1. The van der Waals surface area contributed by atoms with Crippen molar-refractivity contribution in [2.75, 3.05) is 13.6 Å². The van der Waals surface area contributed by atoms with Crippen LogP contribution in [0.15, 0.2) is 47.5 Å². The highest BCUT2D eigenvalue weighted by molar-refractivity contribution is 7.88. The van der Waals surface area contributed by atoms with E-state index in [0.717, 1.165) is 23.6 Å². The zero-order valence-electron chi connectivity index (χ0n) is 17.0. The largest absolute Gasteiger partial charge is 0.357 e. The van der Waals surface area contributed by atoms with Gasteiger partial charge >= 0.3 is 0 Å². The van der Waals surface area contributed by atoms with Gasteiger partial charge in [0.25, 0.3) is 0 Å². The van der Waals surface area contributed by atoms with Gasteiger partial charge in [-0.15, -0.1) is 0 Å². The first kappa shape index (κ1) is 21.9. The van der Waals surface area contributed by atoms with Gasteiger partial charge in [0.15, 0.2) is 5.96 Å². The van der Waals surface area contributed by atoms with E-state index < -0.39 is 10.0 Å². The summed E-state index contributed by atoms with van der Waals surface area (Å²) < 4.78 is 25.8. The van der Waals surface area contributed by atoms with Crippen LogP contribution in [0.4, 0.5) is 0 Å². The van der Waals surface area contributed by atoms with Gasteiger partial charge in [0.2, 0.25) is 10.0 Å². The highest BCUT2D eigenvalue weighted by Gasteiger charge is 2.09. The van der Waals surface area contributed by atoms with E-state index in [1.54, 1.807) is 0 Å². The summed E-state index contributed by atoms with van der Waals surface area (Å²) in [7, 11) is -1.86. The van der Waals surface area contributed by atoms with Crippen LogP contribution in [-0.4, -0.2) is 28.0 Å². The molecule has 0 saturated heterocycles. The second kappa shape index (κ2) is 10.2. The fraction of sp³-hybridized carbons (Fsp3) is 0.381. The molecule has 0 bridgehead atoms. The van der Waals surface area contributed by atoms with Crippen LogP contribution in [0.25, 0.3) is 0 Å². The fourth-order valence-electron chi connectivity index (χ4n) is 2.84. The number of sulfonamides is 1. The molecule has 0 spiro atoms. The van der Waals surface area contributed by atoms with Gasteiger partial charge < -0.3 is 10.6 Å². The second-order valence-corrected chi connectivity index (χ2v) is 8.69. The van der Waals surface area contributed by atoms with Gasteiger partial charge in [-0.1, -0.05) is 48.0 Å². The summed E-state index contributed by atoms with van der Waals surface area (Å²) in [5.41, 5.74) is 5.45. The van der Waals surface area contributed by atoms with Crippen LogP contribution < -0.4 is 15.4 Å². The van der Waals surface area contributed by atoms with Crippen molar-refractivity contribution in [2.45, 2.75) is 39.6 Å². The molecule has 0 atom stereocenters. The minimum Gasteiger partial charge on any atom is -0.357 e. The van der Waals surface area contributed by atoms with Crippen molar-refractivity contribution < 1.29 is 8.42 Å². The van der Waals surface area contributed by atoms with Crippen molar-refractivity contribution >= 4 is 16.0 Å². The third-order valence-electron chi connectivity index (χ3n) is 4.37. The van der Waals surface area contributed by atoms with Crippen LogP contribution in [0.3, 0.4) is 0 Å². The molecule has 7 heteroatoms. The first-order valence-electron chi connectivity index (χ1n) is 9.40. The van der Waals surface area contributed by atoms with Gasteiger partial charge in [-0.2, -0.15) is 0 Å². The van der Waals surface area contributed by atoms with Gasteiger partial charge in [0.05, 0.1) is 12.3 Å². The lowest BCUT2D eigenvalue weighted by molar-refractivity contribution is 0.587. The summed E-state index contributed by atoms with van der Waals surface area (Å²) in [6.07, 6.45) is 0. The van der Waals surface area contributed by atoms with Gasteiger partial charge in [0.1, 0.15) is 0 Å².